The second-order valence-corrected chi connectivity index (χ2v) is 9.36. The Balaban J connectivity index is 1.69. The van der Waals surface area contributed by atoms with E-state index in [0.29, 0.717) is 16.5 Å². The monoisotopic (exact) mass is 529 g/mol. The van der Waals surface area contributed by atoms with E-state index in [2.05, 4.69) is 21.3 Å². The second kappa shape index (κ2) is 10.1. The third kappa shape index (κ3) is 4.32. The van der Waals surface area contributed by atoms with Crippen molar-refractivity contribution in [1.29, 1.82) is 0 Å². The molecular formula is C28H27N5O4S. The van der Waals surface area contributed by atoms with Gasteiger partial charge in [-0.05, 0) is 80.2 Å². The third-order valence-electron chi connectivity index (χ3n) is 6.85. The highest BCUT2D eigenvalue weighted by atomic mass is 32.1. The van der Waals surface area contributed by atoms with Crippen molar-refractivity contribution in [3.8, 4) is 17.2 Å². The molecule has 38 heavy (non-hydrogen) atoms. The van der Waals surface area contributed by atoms with E-state index in [1.165, 1.54) is 12.1 Å². The number of thiocarbonyl (C=S) groups is 1. The molecule has 4 aromatic rings. The van der Waals surface area contributed by atoms with Gasteiger partial charge in [0.1, 0.15) is 11.5 Å². The van der Waals surface area contributed by atoms with Crippen LogP contribution in [0.5, 0.6) is 11.5 Å². The Hall–Kier alpha value is -4.44. The zero-order valence-electron chi connectivity index (χ0n) is 21.4. The molecule has 10 heteroatoms. The number of pyridine rings is 1. The van der Waals surface area contributed by atoms with Crippen LogP contribution in [0, 0.1) is 24.0 Å². The standard InChI is InChI=1S/C28H27N5O4S/c1-17-15-22(18(2)31(17)24-16-20(33(34)35)10-13-25(24)37-4)27-26(23-7-5-6-14-29-23)30-28(38)32(27)19-8-11-21(36-3)12-9-19/h5-16,26-27H,1-4H3,(H,30,38)/t26-,27+/m1/s1. The average molecular weight is 530 g/mol. The maximum absolute atomic E-state index is 11.6. The number of nitro groups is 1. The van der Waals surface area contributed by atoms with Gasteiger partial charge in [0.05, 0.1) is 42.6 Å². The first-order valence-corrected chi connectivity index (χ1v) is 12.4. The van der Waals surface area contributed by atoms with Crippen LogP contribution in [0.15, 0.2) is 72.9 Å². The fourth-order valence-electron chi connectivity index (χ4n) is 5.12. The van der Waals surface area contributed by atoms with E-state index < -0.39 is 4.92 Å². The van der Waals surface area contributed by atoms with Gasteiger partial charge in [-0.2, -0.15) is 0 Å². The van der Waals surface area contributed by atoms with Crippen LogP contribution in [-0.2, 0) is 0 Å². The molecule has 1 aliphatic heterocycles. The van der Waals surface area contributed by atoms with Crippen LogP contribution < -0.4 is 19.7 Å². The van der Waals surface area contributed by atoms with Crippen LogP contribution in [0.25, 0.3) is 5.69 Å². The lowest BCUT2D eigenvalue weighted by molar-refractivity contribution is -0.384. The quantitative estimate of drug-likeness (QED) is 0.188. The molecule has 0 unspecified atom stereocenters. The van der Waals surface area contributed by atoms with Gasteiger partial charge >= 0.3 is 0 Å². The van der Waals surface area contributed by atoms with Gasteiger partial charge in [-0.25, -0.2) is 0 Å². The van der Waals surface area contributed by atoms with Crippen molar-refractivity contribution in [3.63, 3.8) is 0 Å². The van der Waals surface area contributed by atoms with Gasteiger partial charge in [-0.3, -0.25) is 15.1 Å². The number of ether oxygens (including phenoxy) is 2. The number of anilines is 1. The molecule has 194 valence electrons. The van der Waals surface area contributed by atoms with Gasteiger partial charge in [0.2, 0.25) is 0 Å². The molecule has 1 N–H and O–H groups in total. The summed E-state index contributed by atoms with van der Waals surface area (Å²) >= 11 is 5.85. The minimum atomic E-state index is -0.403. The lowest BCUT2D eigenvalue weighted by Gasteiger charge is -2.28. The van der Waals surface area contributed by atoms with Crippen molar-refractivity contribution in [2.45, 2.75) is 25.9 Å². The normalized spacial score (nSPS) is 16.8. The fraction of sp³-hybridized carbons (Fsp3) is 0.214. The van der Waals surface area contributed by atoms with Crippen LogP contribution in [-0.4, -0.2) is 33.8 Å². The number of methoxy groups -OCH3 is 2. The maximum atomic E-state index is 11.6. The van der Waals surface area contributed by atoms with Crippen molar-refractivity contribution in [3.05, 3.63) is 106 Å². The molecule has 2 aromatic heterocycles. The highest BCUT2D eigenvalue weighted by Gasteiger charge is 2.42. The molecule has 0 saturated carbocycles. The van der Waals surface area contributed by atoms with Gasteiger partial charge in [0.15, 0.2) is 5.11 Å². The number of nitro benzene ring substituents is 1. The lowest BCUT2D eigenvalue weighted by Crippen LogP contribution is -2.29. The summed E-state index contributed by atoms with van der Waals surface area (Å²) in [6.07, 6.45) is 1.77. The summed E-state index contributed by atoms with van der Waals surface area (Å²) in [7, 11) is 3.19. The number of hydrogen-bond acceptors (Lipinski definition) is 6. The minimum Gasteiger partial charge on any atom is -0.497 e. The van der Waals surface area contributed by atoms with Crippen LogP contribution in [0.3, 0.4) is 0 Å². The molecule has 1 aliphatic rings. The first-order valence-electron chi connectivity index (χ1n) is 12.0. The zero-order valence-corrected chi connectivity index (χ0v) is 22.2. The summed E-state index contributed by atoms with van der Waals surface area (Å²) in [6, 6.07) is 19.8. The van der Waals surface area contributed by atoms with Crippen molar-refractivity contribution >= 4 is 28.7 Å². The highest BCUT2D eigenvalue weighted by Crippen LogP contribution is 2.44. The Morgan fingerprint density at radius 1 is 1.03 bits per heavy atom. The smallest absolute Gasteiger partial charge is 0.271 e. The molecular weight excluding hydrogens is 502 g/mol. The molecule has 0 amide bonds. The van der Waals surface area contributed by atoms with E-state index in [9.17, 15) is 10.1 Å². The SMILES string of the molecule is COc1ccc(N2C(=S)N[C@H](c3ccccn3)[C@@H]2c2cc(C)n(-c3cc([N+](=O)[O-])ccc3OC)c2C)cc1. The zero-order chi connectivity index (χ0) is 27.0. The molecule has 9 nitrogen and oxygen atoms in total. The number of nitrogens with zero attached hydrogens (tertiary/aromatic N) is 4. The Morgan fingerprint density at radius 3 is 2.42 bits per heavy atom. The second-order valence-electron chi connectivity index (χ2n) is 8.97. The average Bonchev–Trinajstić information content (AvgIpc) is 3.43. The summed E-state index contributed by atoms with van der Waals surface area (Å²) in [4.78, 5) is 17.9. The van der Waals surface area contributed by atoms with Crippen molar-refractivity contribution in [1.82, 2.24) is 14.9 Å². The molecule has 3 heterocycles. The van der Waals surface area contributed by atoms with Crippen LogP contribution in [0.4, 0.5) is 11.4 Å². The molecule has 0 spiro atoms. The van der Waals surface area contributed by atoms with Gasteiger partial charge in [-0.15, -0.1) is 0 Å². The molecule has 1 saturated heterocycles. The maximum Gasteiger partial charge on any atom is 0.271 e. The number of aryl methyl sites for hydroxylation is 1. The van der Waals surface area contributed by atoms with E-state index >= 15 is 0 Å². The predicted octanol–water partition coefficient (Wildman–Crippen LogP) is 5.59. The summed E-state index contributed by atoms with van der Waals surface area (Å²) in [5, 5.41) is 15.6. The number of nitrogens with one attached hydrogen (secondary N) is 1. The van der Waals surface area contributed by atoms with Crippen LogP contribution >= 0.6 is 12.2 Å². The summed E-state index contributed by atoms with van der Waals surface area (Å²) in [5.41, 5.74) is 5.18. The molecule has 5 rings (SSSR count). The summed E-state index contributed by atoms with van der Waals surface area (Å²) in [6.45, 7) is 3.98. The number of benzene rings is 2. The summed E-state index contributed by atoms with van der Waals surface area (Å²) < 4.78 is 12.9. The summed E-state index contributed by atoms with van der Waals surface area (Å²) in [5.74, 6) is 1.29. The molecule has 0 aliphatic carbocycles. The molecule has 0 bridgehead atoms. The molecule has 2 aromatic carbocycles. The molecule has 0 radical (unpaired) electrons. The topological polar surface area (TPSA) is 94.7 Å². The number of rotatable bonds is 7. The van der Waals surface area contributed by atoms with Gasteiger partial charge in [-0.1, -0.05) is 6.07 Å². The first-order chi connectivity index (χ1) is 18.3. The van der Waals surface area contributed by atoms with Crippen LogP contribution in [0.2, 0.25) is 0 Å². The molecule has 2 atom stereocenters. The third-order valence-corrected chi connectivity index (χ3v) is 7.17. The number of non-ortho nitro benzene ring substituents is 1. The predicted molar refractivity (Wildman–Crippen MR) is 149 cm³/mol. The van der Waals surface area contributed by atoms with E-state index in [4.69, 9.17) is 21.7 Å². The Morgan fingerprint density at radius 2 is 1.79 bits per heavy atom. The Labute approximate surface area is 225 Å². The minimum absolute atomic E-state index is 0.00946. The number of hydrogen-bond donors (Lipinski definition) is 1. The van der Waals surface area contributed by atoms with Gasteiger partial charge < -0.3 is 24.3 Å². The molecule has 1 fully saturated rings. The first kappa shape index (κ1) is 25.2. The number of aromatic nitrogens is 2. The fourth-order valence-corrected chi connectivity index (χ4v) is 5.46. The van der Waals surface area contributed by atoms with Crippen molar-refractivity contribution in [2.75, 3.05) is 19.1 Å². The highest BCUT2D eigenvalue weighted by molar-refractivity contribution is 7.80. The lowest BCUT2D eigenvalue weighted by atomic mass is 9.96. The Kier molecular flexibility index (Phi) is 6.73. The van der Waals surface area contributed by atoms with E-state index in [1.54, 1.807) is 26.5 Å². The largest absolute Gasteiger partial charge is 0.497 e. The van der Waals surface area contributed by atoms with Crippen molar-refractivity contribution in [2.24, 2.45) is 0 Å². The van der Waals surface area contributed by atoms with Crippen LogP contribution in [0.1, 0.15) is 34.7 Å². The van der Waals surface area contributed by atoms with Crippen molar-refractivity contribution < 1.29 is 14.4 Å². The van der Waals surface area contributed by atoms with E-state index in [0.717, 1.165) is 34.1 Å². The van der Waals surface area contributed by atoms with Gasteiger partial charge in [0.25, 0.3) is 5.69 Å². The van der Waals surface area contributed by atoms with E-state index in [-0.39, 0.29) is 17.8 Å². The van der Waals surface area contributed by atoms with E-state index in [1.807, 2.05) is 60.9 Å². The Bertz CT molecular complexity index is 1500. The van der Waals surface area contributed by atoms with Gasteiger partial charge in [0, 0.05) is 35.4 Å².